The van der Waals surface area contributed by atoms with E-state index in [1.54, 1.807) is 10.9 Å². The van der Waals surface area contributed by atoms with E-state index in [9.17, 15) is 4.79 Å². The van der Waals surface area contributed by atoms with Crippen molar-refractivity contribution in [3.05, 3.63) is 52.3 Å². The van der Waals surface area contributed by atoms with Gasteiger partial charge in [0.2, 0.25) is 0 Å². The largest absolute Gasteiger partial charge is 0.369 e. The Balaban J connectivity index is 1.28. The Hall–Kier alpha value is -2.67. The number of piperazine rings is 1. The molecular formula is C22H28N6O. The van der Waals surface area contributed by atoms with E-state index in [0.29, 0.717) is 11.3 Å². The van der Waals surface area contributed by atoms with Crippen molar-refractivity contribution >= 4 is 16.6 Å². The number of benzene rings is 1. The number of anilines is 1. The monoisotopic (exact) mass is 392 g/mol. The molecule has 5 rings (SSSR count). The minimum absolute atomic E-state index is 0.0351. The van der Waals surface area contributed by atoms with Crippen LogP contribution in [0, 0.1) is 0 Å². The molecule has 29 heavy (non-hydrogen) atoms. The first-order chi connectivity index (χ1) is 14.1. The molecule has 1 N–H and O–H groups in total. The van der Waals surface area contributed by atoms with E-state index in [1.807, 2.05) is 26.1 Å². The molecule has 7 heteroatoms. The van der Waals surface area contributed by atoms with Crippen LogP contribution < -0.4 is 10.5 Å². The summed E-state index contributed by atoms with van der Waals surface area (Å²) in [5.41, 5.74) is 4.66. The van der Waals surface area contributed by atoms with Crippen molar-refractivity contribution in [2.24, 2.45) is 0 Å². The van der Waals surface area contributed by atoms with Crippen LogP contribution in [0.2, 0.25) is 0 Å². The summed E-state index contributed by atoms with van der Waals surface area (Å²) in [5.74, 6) is 0.708. The average Bonchev–Trinajstić information content (AvgIpc) is 3.47. The molecule has 0 bridgehead atoms. The van der Waals surface area contributed by atoms with Gasteiger partial charge < -0.3 is 4.90 Å². The fourth-order valence-corrected chi connectivity index (χ4v) is 4.27. The molecule has 1 aliphatic carbocycles. The summed E-state index contributed by atoms with van der Waals surface area (Å²) < 4.78 is 1.69. The van der Waals surface area contributed by atoms with Gasteiger partial charge >= 0.3 is 0 Å². The van der Waals surface area contributed by atoms with Crippen LogP contribution in [0.3, 0.4) is 0 Å². The van der Waals surface area contributed by atoms with E-state index in [2.05, 4.69) is 37.1 Å². The van der Waals surface area contributed by atoms with E-state index >= 15 is 0 Å². The highest BCUT2D eigenvalue weighted by Crippen LogP contribution is 2.40. The first-order valence-electron chi connectivity index (χ1n) is 10.6. The van der Waals surface area contributed by atoms with Crippen molar-refractivity contribution in [1.82, 2.24) is 24.6 Å². The Bertz CT molecular complexity index is 1070. The zero-order chi connectivity index (χ0) is 20.0. The van der Waals surface area contributed by atoms with Crippen LogP contribution in [0.25, 0.3) is 10.9 Å². The van der Waals surface area contributed by atoms with E-state index < -0.39 is 0 Å². The van der Waals surface area contributed by atoms with Gasteiger partial charge in [0.1, 0.15) is 0 Å². The third-order valence-electron chi connectivity index (χ3n) is 6.19. The second kappa shape index (κ2) is 7.30. The van der Waals surface area contributed by atoms with Gasteiger partial charge in [0.15, 0.2) is 0 Å². The molecule has 3 aromatic rings. The number of nitrogens with one attached hydrogen (secondary N) is 1. The third-order valence-corrected chi connectivity index (χ3v) is 6.19. The maximum atomic E-state index is 12.6. The lowest BCUT2D eigenvalue weighted by Gasteiger charge is -2.36. The van der Waals surface area contributed by atoms with E-state index in [0.717, 1.165) is 43.9 Å². The van der Waals surface area contributed by atoms with Gasteiger partial charge in [-0.1, -0.05) is 0 Å². The summed E-state index contributed by atoms with van der Waals surface area (Å²) in [7, 11) is 0. The van der Waals surface area contributed by atoms with Crippen LogP contribution in [0.1, 0.15) is 49.9 Å². The number of fused-ring (bicyclic) bond motifs is 1. The minimum Gasteiger partial charge on any atom is -0.369 e. The lowest BCUT2D eigenvalue weighted by molar-refractivity contribution is 0.249. The lowest BCUT2D eigenvalue weighted by atomic mass is 10.1. The van der Waals surface area contributed by atoms with Crippen LogP contribution in [0.15, 0.2) is 35.5 Å². The number of hydrogen-bond donors (Lipinski definition) is 1. The molecule has 2 aliphatic rings. The molecule has 7 nitrogen and oxygen atoms in total. The molecule has 0 radical (unpaired) electrons. The summed E-state index contributed by atoms with van der Waals surface area (Å²) in [4.78, 5) is 22.1. The molecule has 1 aliphatic heterocycles. The van der Waals surface area contributed by atoms with Gasteiger partial charge in [-0.2, -0.15) is 5.10 Å². The first kappa shape index (κ1) is 18.4. The van der Waals surface area contributed by atoms with Crippen molar-refractivity contribution in [1.29, 1.82) is 0 Å². The summed E-state index contributed by atoms with van der Waals surface area (Å²) in [6.45, 7) is 8.98. The van der Waals surface area contributed by atoms with Gasteiger partial charge in [-0.05, 0) is 44.9 Å². The SMILES string of the molecule is CC(C)n1cnc2cc(N3CCN(Cc4cn[nH]c4C4CC4)CC3)ccc2c1=O. The molecule has 0 amide bonds. The summed E-state index contributed by atoms with van der Waals surface area (Å²) in [6.07, 6.45) is 6.25. The fourth-order valence-electron chi connectivity index (χ4n) is 4.27. The minimum atomic E-state index is 0.0351. The maximum absolute atomic E-state index is 12.6. The quantitative estimate of drug-likeness (QED) is 0.723. The van der Waals surface area contributed by atoms with Gasteiger partial charge in [-0.25, -0.2) is 4.98 Å². The molecule has 1 saturated carbocycles. The zero-order valence-electron chi connectivity index (χ0n) is 17.1. The second-order valence-corrected chi connectivity index (χ2v) is 8.60. The molecule has 152 valence electrons. The Kier molecular flexibility index (Phi) is 4.62. The van der Waals surface area contributed by atoms with Crippen molar-refractivity contribution in [2.75, 3.05) is 31.1 Å². The third kappa shape index (κ3) is 3.55. The zero-order valence-corrected chi connectivity index (χ0v) is 17.1. The highest BCUT2D eigenvalue weighted by atomic mass is 16.1. The highest BCUT2D eigenvalue weighted by Gasteiger charge is 2.28. The number of H-pyrrole nitrogens is 1. The normalized spacial score (nSPS) is 18.1. The Morgan fingerprint density at radius 2 is 1.97 bits per heavy atom. The van der Waals surface area contributed by atoms with Crippen LogP contribution in [0.5, 0.6) is 0 Å². The number of nitrogens with zero attached hydrogens (tertiary/aromatic N) is 5. The predicted octanol–water partition coefficient (Wildman–Crippen LogP) is 2.90. The van der Waals surface area contributed by atoms with Gasteiger partial charge in [-0.3, -0.25) is 19.4 Å². The highest BCUT2D eigenvalue weighted by molar-refractivity contribution is 5.81. The average molecular weight is 393 g/mol. The van der Waals surface area contributed by atoms with Crippen molar-refractivity contribution in [3.8, 4) is 0 Å². The summed E-state index contributed by atoms with van der Waals surface area (Å²) >= 11 is 0. The summed E-state index contributed by atoms with van der Waals surface area (Å²) in [5, 5.41) is 8.16. The van der Waals surface area contributed by atoms with Crippen LogP contribution in [-0.2, 0) is 6.54 Å². The number of aromatic amines is 1. The Morgan fingerprint density at radius 3 is 2.69 bits per heavy atom. The van der Waals surface area contributed by atoms with Crippen LogP contribution in [-0.4, -0.2) is 50.8 Å². The molecule has 1 saturated heterocycles. The maximum Gasteiger partial charge on any atom is 0.261 e. The van der Waals surface area contributed by atoms with E-state index in [-0.39, 0.29) is 11.6 Å². The van der Waals surface area contributed by atoms with E-state index in [4.69, 9.17) is 0 Å². The topological polar surface area (TPSA) is 70.1 Å². The molecular weight excluding hydrogens is 364 g/mol. The van der Waals surface area contributed by atoms with Crippen molar-refractivity contribution in [3.63, 3.8) is 0 Å². The fraction of sp³-hybridized carbons (Fsp3) is 0.500. The smallest absolute Gasteiger partial charge is 0.261 e. The van der Waals surface area contributed by atoms with Crippen molar-refractivity contribution in [2.45, 2.75) is 45.2 Å². The molecule has 0 spiro atoms. The standard InChI is InChI=1S/C22H28N6O/c1-15(2)28-14-23-20-11-18(5-6-19(20)22(28)29)27-9-7-26(8-10-27)13-17-12-24-25-21(17)16-3-4-16/h5-6,11-12,14-16H,3-4,7-10,13H2,1-2H3,(H,24,25). The van der Waals surface area contributed by atoms with Crippen LogP contribution in [0.4, 0.5) is 5.69 Å². The number of hydrogen-bond acceptors (Lipinski definition) is 5. The van der Waals surface area contributed by atoms with Crippen molar-refractivity contribution < 1.29 is 0 Å². The summed E-state index contributed by atoms with van der Waals surface area (Å²) in [6, 6.07) is 6.16. The number of rotatable bonds is 5. The molecule has 1 aromatic carbocycles. The molecule has 3 heterocycles. The van der Waals surface area contributed by atoms with Gasteiger partial charge in [0.25, 0.3) is 5.56 Å². The first-order valence-corrected chi connectivity index (χ1v) is 10.6. The Labute approximate surface area is 170 Å². The van der Waals surface area contributed by atoms with Gasteiger partial charge in [-0.15, -0.1) is 0 Å². The van der Waals surface area contributed by atoms with E-state index in [1.165, 1.54) is 24.1 Å². The molecule has 0 atom stereocenters. The number of aromatic nitrogens is 4. The second-order valence-electron chi connectivity index (χ2n) is 8.60. The lowest BCUT2D eigenvalue weighted by Crippen LogP contribution is -2.46. The predicted molar refractivity (Wildman–Crippen MR) is 114 cm³/mol. The Morgan fingerprint density at radius 1 is 1.17 bits per heavy atom. The van der Waals surface area contributed by atoms with Gasteiger partial charge in [0, 0.05) is 61.6 Å². The van der Waals surface area contributed by atoms with Crippen LogP contribution >= 0.6 is 0 Å². The van der Waals surface area contributed by atoms with Gasteiger partial charge in [0.05, 0.1) is 23.4 Å². The molecule has 2 fully saturated rings. The molecule has 2 aromatic heterocycles. The molecule has 0 unspecified atom stereocenters.